The van der Waals surface area contributed by atoms with Crippen LogP contribution in [-0.4, -0.2) is 18.9 Å². The predicted molar refractivity (Wildman–Crippen MR) is 75.5 cm³/mol. The van der Waals surface area contributed by atoms with Crippen molar-refractivity contribution in [1.29, 1.82) is 0 Å². The second-order valence-corrected chi connectivity index (χ2v) is 4.54. The number of ether oxygens (including phenoxy) is 2. The molecule has 0 amide bonds. The molecule has 0 aliphatic rings. The molecule has 0 bridgehead atoms. The zero-order chi connectivity index (χ0) is 15.4. The summed E-state index contributed by atoms with van der Waals surface area (Å²) in [5.41, 5.74) is 0.578. The summed E-state index contributed by atoms with van der Waals surface area (Å²) < 4.78 is 15.7. The number of furan rings is 1. The van der Waals surface area contributed by atoms with E-state index in [0.29, 0.717) is 17.1 Å². The number of methoxy groups -OCH3 is 1. The number of carbonyl (C=O) groups excluding carboxylic acids is 2. The summed E-state index contributed by atoms with van der Waals surface area (Å²) in [7, 11) is 1.29. The number of hydrogen-bond donors (Lipinski definition) is 0. The van der Waals surface area contributed by atoms with Gasteiger partial charge in [0, 0.05) is 5.56 Å². The van der Waals surface area contributed by atoms with Crippen LogP contribution in [0.5, 0.6) is 5.75 Å². The first-order chi connectivity index (χ1) is 10.0. The summed E-state index contributed by atoms with van der Waals surface area (Å²) in [6, 6.07) is 10.1. The Balaban J connectivity index is 2.12. The SMILES string of the molecule is COC(=O)c1ccc(C(C)Oc2cccc(C(C)=O)c2)o1. The lowest BCUT2D eigenvalue weighted by Gasteiger charge is -2.12. The topological polar surface area (TPSA) is 65.7 Å². The van der Waals surface area contributed by atoms with Crippen molar-refractivity contribution >= 4 is 11.8 Å². The number of rotatable bonds is 5. The molecule has 0 aliphatic heterocycles. The number of carbonyl (C=O) groups is 2. The minimum atomic E-state index is -0.535. The van der Waals surface area contributed by atoms with E-state index in [1.165, 1.54) is 20.1 Å². The fourth-order valence-corrected chi connectivity index (χ4v) is 1.83. The first-order valence-electron chi connectivity index (χ1n) is 6.47. The molecule has 5 nitrogen and oxygen atoms in total. The van der Waals surface area contributed by atoms with Crippen LogP contribution in [0, 0.1) is 0 Å². The molecule has 2 rings (SSSR count). The van der Waals surface area contributed by atoms with Crippen molar-refractivity contribution in [3.8, 4) is 5.75 Å². The van der Waals surface area contributed by atoms with E-state index in [0.717, 1.165) is 0 Å². The van der Waals surface area contributed by atoms with Crippen LogP contribution in [-0.2, 0) is 4.74 Å². The van der Waals surface area contributed by atoms with Crippen molar-refractivity contribution in [2.45, 2.75) is 20.0 Å². The van der Waals surface area contributed by atoms with E-state index in [2.05, 4.69) is 4.74 Å². The van der Waals surface area contributed by atoms with Crippen LogP contribution in [0.15, 0.2) is 40.8 Å². The van der Waals surface area contributed by atoms with Crippen LogP contribution in [0.25, 0.3) is 0 Å². The van der Waals surface area contributed by atoms with Gasteiger partial charge in [-0.2, -0.15) is 0 Å². The minimum Gasteiger partial charge on any atom is -0.483 e. The van der Waals surface area contributed by atoms with Gasteiger partial charge in [-0.1, -0.05) is 12.1 Å². The van der Waals surface area contributed by atoms with Gasteiger partial charge in [-0.15, -0.1) is 0 Å². The van der Waals surface area contributed by atoms with Crippen molar-refractivity contribution < 1.29 is 23.5 Å². The Labute approximate surface area is 122 Å². The minimum absolute atomic E-state index is 0.0286. The molecule has 0 saturated heterocycles. The molecule has 1 unspecified atom stereocenters. The van der Waals surface area contributed by atoms with Gasteiger partial charge in [0.05, 0.1) is 7.11 Å². The molecule has 0 saturated carbocycles. The first-order valence-corrected chi connectivity index (χ1v) is 6.47. The molecular formula is C16H16O5. The summed E-state index contributed by atoms with van der Waals surface area (Å²) in [5, 5.41) is 0. The Morgan fingerprint density at radius 2 is 1.95 bits per heavy atom. The number of hydrogen-bond acceptors (Lipinski definition) is 5. The van der Waals surface area contributed by atoms with Gasteiger partial charge in [-0.25, -0.2) is 4.79 Å². The van der Waals surface area contributed by atoms with Gasteiger partial charge in [-0.3, -0.25) is 4.79 Å². The fraction of sp³-hybridized carbons (Fsp3) is 0.250. The summed E-state index contributed by atoms with van der Waals surface area (Å²) >= 11 is 0. The maximum Gasteiger partial charge on any atom is 0.373 e. The Morgan fingerprint density at radius 3 is 2.62 bits per heavy atom. The Kier molecular flexibility index (Phi) is 4.42. The highest BCUT2D eigenvalue weighted by Gasteiger charge is 2.16. The number of esters is 1. The summed E-state index contributed by atoms with van der Waals surface area (Å²) in [5.74, 6) is 0.626. The van der Waals surface area contributed by atoms with Crippen molar-refractivity contribution in [2.75, 3.05) is 7.11 Å². The standard InChI is InChI=1S/C16H16O5/c1-10(17)12-5-4-6-13(9-12)20-11(2)14-7-8-15(21-14)16(18)19-3/h4-9,11H,1-3H3. The maximum absolute atomic E-state index is 11.3. The molecule has 1 aromatic carbocycles. The average molecular weight is 288 g/mol. The summed E-state index contributed by atoms with van der Waals surface area (Å²) in [6.07, 6.45) is -0.398. The molecule has 2 aromatic rings. The molecule has 5 heteroatoms. The summed E-state index contributed by atoms with van der Waals surface area (Å²) in [4.78, 5) is 22.7. The lowest BCUT2D eigenvalue weighted by atomic mass is 10.1. The second kappa shape index (κ2) is 6.26. The Bertz CT molecular complexity index is 656. The van der Waals surface area contributed by atoms with Crippen LogP contribution in [0.3, 0.4) is 0 Å². The maximum atomic E-state index is 11.3. The number of ketones is 1. The molecule has 110 valence electrons. The first kappa shape index (κ1) is 14.8. The van der Waals surface area contributed by atoms with Gasteiger partial charge in [0.25, 0.3) is 0 Å². The van der Waals surface area contributed by atoms with Crippen LogP contribution in [0.2, 0.25) is 0 Å². The molecule has 1 heterocycles. The van der Waals surface area contributed by atoms with Crippen molar-refractivity contribution in [3.05, 3.63) is 53.5 Å². The van der Waals surface area contributed by atoms with Gasteiger partial charge in [0.2, 0.25) is 5.76 Å². The lowest BCUT2D eigenvalue weighted by Crippen LogP contribution is -2.03. The molecule has 1 atom stereocenters. The molecule has 0 fully saturated rings. The average Bonchev–Trinajstić information content (AvgIpc) is 2.96. The Morgan fingerprint density at radius 1 is 1.19 bits per heavy atom. The largest absolute Gasteiger partial charge is 0.483 e. The van der Waals surface area contributed by atoms with E-state index in [9.17, 15) is 9.59 Å². The highest BCUT2D eigenvalue weighted by atomic mass is 16.5. The van der Waals surface area contributed by atoms with Crippen LogP contribution in [0.1, 0.15) is 46.6 Å². The molecule has 0 aliphatic carbocycles. The van der Waals surface area contributed by atoms with Gasteiger partial charge >= 0.3 is 5.97 Å². The quantitative estimate of drug-likeness (QED) is 0.623. The predicted octanol–water partition coefficient (Wildman–Crippen LogP) is 3.41. The molecule has 0 N–H and O–H groups in total. The number of Topliss-reactive ketones (excluding diaryl/α,β-unsaturated/α-hetero) is 1. The van der Waals surface area contributed by atoms with Gasteiger partial charge in [0.15, 0.2) is 11.9 Å². The molecule has 0 radical (unpaired) electrons. The van der Waals surface area contributed by atoms with Crippen molar-refractivity contribution in [2.24, 2.45) is 0 Å². The molecule has 0 spiro atoms. The van der Waals surface area contributed by atoms with E-state index in [1.54, 1.807) is 37.3 Å². The van der Waals surface area contributed by atoms with Gasteiger partial charge in [-0.05, 0) is 38.1 Å². The summed E-state index contributed by atoms with van der Waals surface area (Å²) in [6.45, 7) is 3.29. The van der Waals surface area contributed by atoms with E-state index < -0.39 is 12.1 Å². The normalized spacial score (nSPS) is 11.8. The van der Waals surface area contributed by atoms with Crippen LogP contribution < -0.4 is 4.74 Å². The van der Waals surface area contributed by atoms with E-state index in [-0.39, 0.29) is 11.5 Å². The molecule has 21 heavy (non-hydrogen) atoms. The van der Waals surface area contributed by atoms with Gasteiger partial charge in [0.1, 0.15) is 11.5 Å². The van der Waals surface area contributed by atoms with Crippen LogP contribution >= 0.6 is 0 Å². The smallest absolute Gasteiger partial charge is 0.373 e. The highest BCUT2D eigenvalue weighted by Crippen LogP contribution is 2.24. The zero-order valence-corrected chi connectivity index (χ0v) is 12.1. The van der Waals surface area contributed by atoms with Crippen LogP contribution in [0.4, 0.5) is 0 Å². The lowest BCUT2D eigenvalue weighted by molar-refractivity contribution is 0.0558. The highest BCUT2D eigenvalue weighted by molar-refractivity contribution is 5.94. The molecule has 1 aromatic heterocycles. The third-order valence-electron chi connectivity index (χ3n) is 2.97. The number of benzene rings is 1. The third-order valence-corrected chi connectivity index (χ3v) is 2.97. The Hall–Kier alpha value is -2.56. The molecular weight excluding hydrogens is 272 g/mol. The van der Waals surface area contributed by atoms with Crippen molar-refractivity contribution in [1.82, 2.24) is 0 Å². The van der Waals surface area contributed by atoms with Crippen molar-refractivity contribution in [3.63, 3.8) is 0 Å². The van der Waals surface area contributed by atoms with E-state index >= 15 is 0 Å². The zero-order valence-electron chi connectivity index (χ0n) is 12.1. The second-order valence-electron chi connectivity index (χ2n) is 4.54. The monoisotopic (exact) mass is 288 g/mol. The van der Waals surface area contributed by atoms with E-state index in [4.69, 9.17) is 9.15 Å². The van der Waals surface area contributed by atoms with E-state index in [1.807, 2.05) is 0 Å². The fourth-order valence-electron chi connectivity index (χ4n) is 1.83. The third kappa shape index (κ3) is 3.51. The van der Waals surface area contributed by atoms with Gasteiger partial charge < -0.3 is 13.9 Å².